The van der Waals surface area contributed by atoms with Gasteiger partial charge in [-0.15, -0.1) is 11.3 Å². The Bertz CT molecular complexity index is 1800. The molecule has 0 N–H and O–H groups in total. The normalized spacial score (nSPS) is 11.5. The molecule has 0 atom stereocenters. The number of hydrogen-bond acceptors (Lipinski definition) is 2. The third-order valence-corrected chi connectivity index (χ3v) is 7.44. The third-order valence-electron chi connectivity index (χ3n) is 6.49. The van der Waals surface area contributed by atoms with Gasteiger partial charge in [0.1, 0.15) is 5.82 Å². The zero-order valence-corrected chi connectivity index (χ0v) is 19.2. The van der Waals surface area contributed by atoms with Crippen LogP contribution < -0.4 is 0 Å². The molecule has 0 saturated heterocycles. The minimum Gasteiger partial charge on any atom is -0.292 e. The van der Waals surface area contributed by atoms with Crippen LogP contribution in [0.15, 0.2) is 121 Å². The van der Waals surface area contributed by atoms with Crippen molar-refractivity contribution in [3.63, 3.8) is 0 Å². The summed E-state index contributed by atoms with van der Waals surface area (Å²) in [5, 5.41) is 5.94. The van der Waals surface area contributed by atoms with Crippen molar-refractivity contribution in [1.82, 2.24) is 9.55 Å². The van der Waals surface area contributed by atoms with E-state index in [1.807, 2.05) is 0 Å². The monoisotopic (exact) mass is 452 g/mol. The largest absolute Gasteiger partial charge is 0.292 e. The number of nitrogens with zero attached hydrogens (tertiary/aromatic N) is 2. The summed E-state index contributed by atoms with van der Waals surface area (Å²) in [5.41, 5.74) is 6.93. The second-order valence-electron chi connectivity index (χ2n) is 8.48. The van der Waals surface area contributed by atoms with Gasteiger partial charge in [0.05, 0.1) is 16.7 Å². The molecule has 0 aliphatic rings. The van der Waals surface area contributed by atoms with Crippen LogP contribution in [0.3, 0.4) is 0 Å². The molecule has 5 aromatic carbocycles. The molecule has 0 fully saturated rings. The topological polar surface area (TPSA) is 17.8 Å². The predicted octanol–water partition coefficient (Wildman–Crippen LogP) is 8.73. The molecular weight excluding hydrogens is 432 g/mol. The maximum Gasteiger partial charge on any atom is 0.147 e. The lowest BCUT2D eigenvalue weighted by Crippen LogP contribution is -1.98. The van der Waals surface area contributed by atoms with Crippen LogP contribution in [0, 0.1) is 0 Å². The van der Waals surface area contributed by atoms with E-state index in [0.29, 0.717) is 0 Å². The van der Waals surface area contributed by atoms with Gasteiger partial charge in [-0.25, -0.2) is 4.98 Å². The summed E-state index contributed by atoms with van der Waals surface area (Å²) < 4.78 is 3.59. The van der Waals surface area contributed by atoms with Crippen LogP contribution in [0.25, 0.3) is 60.1 Å². The molecule has 160 valence electrons. The van der Waals surface area contributed by atoms with E-state index >= 15 is 0 Å². The number of fused-ring (bicyclic) bond motifs is 3. The summed E-state index contributed by atoms with van der Waals surface area (Å²) in [6, 6.07) is 40.8. The lowest BCUT2D eigenvalue weighted by atomic mass is 10.0. The van der Waals surface area contributed by atoms with E-state index in [4.69, 9.17) is 4.98 Å². The van der Waals surface area contributed by atoms with E-state index < -0.39 is 0 Å². The molecule has 0 aliphatic heterocycles. The Kier molecular flexibility index (Phi) is 4.36. The second-order valence-corrected chi connectivity index (χ2v) is 9.40. The molecule has 0 aliphatic carbocycles. The first-order valence-electron chi connectivity index (χ1n) is 11.4. The van der Waals surface area contributed by atoms with Gasteiger partial charge in [-0.2, -0.15) is 0 Å². The lowest BCUT2D eigenvalue weighted by molar-refractivity contribution is 1.12. The molecule has 3 heteroatoms. The van der Waals surface area contributed by atoms with E-state index in [1.54, 1.807) is 11.3 Å². The van der Waals surface area contributed by atoms with Crippen molar-refractivity contribution in [2.75, 3.05) is 0 Å². The molecule has 0 bridgehead atoms. The summed E-state index contributed by atoms with van der Waals surface area (Å²) in [6.07, 6.45) is 0. The first-order chi connectivity index (χ1) is 16.9. The zero-order valence-electron chi connectivity index (χ0n) is 18.3. The average Bonchev–Trinajstić information content (AvgIpc) is 3.50. The third kappa shape index (κ3) is 2.98. The van der Waals surface area contributed by atoms with Gasteiger partial charge < -0.3 is 0 Å². The van der Waals surface area contributed by atoms with Gasteiger partial charge in [0.25, 0.3) is 0 Å². The number of thiophene rings is 1. The smallest absolute Gasteiger partial charge is 0.147 e. The highest BCUT2D eigenvalue weighted by Gasteiger charge is 2.19. The van der Waals surface area contributed by atoms with E-state index in [1.165, 1.54) is 37.5 Å². The van der Waals surface area contributed by atoms with Crippen LogP contribution in [0.2, 0.25) is 0 Å². The fourth-order valence-electron chi connectivity index (χ4n) is 4.87. The Balaban J connectivity index is 1.49. The molecule has 7 rings (SSSR count). The minimum atomic E-state index is 0.983. The molecule has 34 heavy (non-hydrogen) atoms. The number of para-hydroxylation sites is 2. The molecule has 0 spiro atoms. The van der Waals surface area contributed by atoms with Crippen LogP contribution in [-0.2, 0) is 0 Å². The SMILES string of the molecule is c1ccc(-c2ccc3c(-c4nc5ccccc5n4-c4cccc5ccccc45)csc3c2)cc1. The highest BCUT2D eigenvalue weighted by molar-refractivity contribution is 7.17. The maximum atomic E-state index is 5.14. The molecule has 0 unspecified atom stereocenters. The summed E-state index contributed by atoms with van der Waals surface area (Å²) in [7, 11) is 0. The molecule has 0 radical (unpaired) electrons. The Morgan fingerprint density at radius 2 is 1.41 bits per heavy atom. The van der Waals surface area contributed by atoms with E-state index in [-0.39, 0.29) is 0 Å². The quantitative estimate of drug-likeness (QED) is 0.262. The van der Waals surface area contributed by atoms with E-state index in [0.717, 1.165) is 22.5 Å². The average molecular weight is 453 g/mol. The number of rotatable bonds is 3. The van der Waals surface area contributed by atoms with Crippen LogP contribution in [0.1, 0.15) is 0 Å². The summed E-state index contributed by atoms with van der Waals surface area (Å²) >= 11 is 1.78. The van der Waals surface area contributed by atoms with Crippen molar-refractivity contribution in [3.8, 4) is 28.2 Å². The van der Waals surface area contributed by atoms with Crippen LogP contribution in [-0.4, -0.2) is 9.55 Å². The van der Waals surface area contributed by atoms with Crippen molar-refractivity contribution >= 4 is 43.2 Å². The van der Waals surface area contributed by atoms with Gasteiger partial charge in [-0.3, -0.25) is 4.57 Å². The number of aromatic nitrogens is 2. The van der Waals surface area contributed by atoms with E-state index in [9.17, 15) is 0 Å². The van der Waals surface area contributed by atoms with Crippen molar-refractivity contribution in [3.05, 3.63) is 121 Å². The number of benzene rings is 5. The minimum absolute atomic E-state index is 0.983. The molecule has 2 nitrogen and oxygen atoms in total. The lowest BCUT2D eigenvalue weighted by Gasteiger charge is -2.12. The highest BCUT2D eigenvalue weighted by Crippen LogP contribution is 2.39. The zero-order chi connectivity index (χ0) is 22.5. The second kappa shape index (κ2) is 7.68. The molecule has 7 aromatic rings. The van der Waals surface area contributed by atoms with E-state index in [2.05, 4.69) is 125 Å². The van der Waals surface area contributed by atoms with Crippen molar-refractivity contribution in [1.29, 1.82) is 0 Å². The van der Waals surface area contributed by atoms with Gasteiger partial charge in [-0.1, -0.05) is 91.0 Å². The Morgan fingerprint density at radius 3 is 2.35 bits per heavy atom. The van der Waals surface area contributed by atoms with Crippen LogP contribution in [0.5, 0.6) is 0 Å². The molecular formula is C31H20N2S. The first kappa shape index (κ1) is 19.3. The van der Waals surface area contributed by atoms with Gasteiger partial charge in [0, 0.05) is 26.4 Å². The van der Waals surface area contributed by atoms with Crippen molar-refractivity contribution < 1.29 is 0 Å². The van der Waals surface area contributed by atoms with Crippen molar-refractivity contribution in [2.24, 2.45) is 0 Å². The van der Waals surface area contributed by atoms with Gasteiger partial charge in [-0.05, 0) is 40.8 Å². The Labute approximate surface area is 201 Å². The van der Waals surface area contributed by atoms with Crippen LogP contribution >= 0.6 is 11.3 Å². The first-order valence-corrected chi connectivity index (χ1v) is 12.3. The van der Waals surface area contributed by atoms with Gasteiger partial charge in [0.2, 0.25) is 0 Å². The number of imidazole rings is 1. The van der Waals surface area contributed by atoms with Crippen molar-refractivity contribution in [2.45, 2.75) is 0 Å². The molecule has 0 amide bonds. The van der Waals surface area contributed by atoms with Gasteiger partial charge >= 0.3 is 0 Å². The summed E-state index contributed by atoms with van der Waals surface area (Å²) in [6.45, 7) is 0. The van der Waals surface area contributed by atoms with Gasteiger partial charge in [0.15, 0.2) is 0 Å². The summed E-state index contributed by atoms with van der Waals surface area (Å²) in [5.74, 6) is 0.983. The predicted molar refractivity (Wildman–Crippen MR) is 145 cm³/mol. The molecule has 2 aromatic heterocycles. The Hall–Kier alpha value is -4.21. The maximum absolute atomic E-state index is 5.14. The molecule has 2 heterocycles. The standard InChI is InChI=1S/C31H20N2S/c1-2-9-21(10-3-1)23-17-18-25-26(20-34-30(25)19-23)31-32-27-14-6-7-15-29(27)33(31)28-16-8-12-22-11-4-5-13-24(22)28/h1-20H. The molecule has 0 saturated carbocycles. The number of hydrogen-bond donors (Lipinski definition) is 0. The fraction of sp³-hybridized carbons (Fsp3) is 0. The fourth-order valence-corrected chi connectivity index (χ4v) is 5.84. The summed E-state index contributed by atoms with van der Waals surface area (Å²) in [4.78, 5) is 5.14. The van der Waals surface area contributed by atoms with Crippen LogP contribution in [0.4, 0.5) is 0 Å². The highest BCUT2D eigenvalue weighted by atomic mass is 32.1. The Morgan fingerprint density at radius 1 is 0.618 bits per heavy atom.